The van der Waals surface area contributed by atoms with Crippen molar-refractivity contribution in [1.82, 2.24) is 0 Å². The molecule has 0 saturated carbocycles. The van der Waals surface area contributed by atoms with Gasteiger partial charge in [-0.05, 0) is 24.6 Å². The molecule has 2 rings (SSSR count). The van der Waals surface area contributed by atoms with E-state index in [1.807, 2.05) is 30.3 Å². The Morgan fingerprint density at radius 1 is 1.10 bits per heavy atom. The standard InChI is InChI=1S/C17H16O3/c1-13(15-9-5-6-10-16(15)18)17(19)20-12-11-14-7-3-2-4-8-14/h2-13,18H,1H3. The topological polar surface area (TPSA) is 46.5 Å². The maximum atomic E-state index is 11.9. The van der Waals surface area contributed by atoms with Gasteiger partial charge in [-0.15, -0.1) is 0 Å². The number of carbonyl (C=O) groups excluding carboxylic acids is 1. The van der Waals surface area contributed by atoms with Crippen LogP contribution in [0.5, 0.6) is 5.75 Å². The fourth-order valence-electron chi connectivity index (χ4n) is 1.83. The van der Waals surface area contributed by atoms with Gasteiger partial charge in [0.05, 0.1) is 12.2 Å². The zero-order chi connectivity index (χ0) is 14.4. The average molecular weight is 268 g/mol. The van der Waals surface area contributed by atoms with Crippen molar-refractivity contribution in [3.05, 3.63) is 72.0 Å². The Kier molecular flexibility index (Phi) is 4.56. The molecule has 0 radical (unpaired) electrons. The molecular weight excluding hydrogens is 252 g/mol. The molecule has 102 valence electrons. The van der Waals surface area contributed by atoms with Crippen LogP contribution in [0, 0.1) is 0 Å². The third-order valence-electron chi connectivity index (χ3n) is 3.00. The highest BCUT2D eigenvalue weighted by molar-refractivity contribution is 5.79. The largest absolute Gasteiger partial charge is 0.508 e. The van der Waals surface area contributed by atoms with E-state index in [-0.39, 0.29) is 5.75 Å². The Balaban J connectivity index is 1.99. The van der Waals surface area contributed by atoms with Crippen LogP contribution < -0.4 is 0 Å². The zero-order valence-electron chi connectivity index (χ0n) is 11.2. The second kappa shape index (κ2) is 6.57. The molecule has 0 aromatic heterocycles. The molecule has 2 aromatic carbocycles. The summed E-state index contributed by atoms with van der Waals surface area (Å²) in [5.74, 6) is -0.820. The number of aromatic hydroxyl groups is 1. The van der Waals surface area contributed by atoms with E-state index < -0.39 is 11.9 Å². The summed E-state index contributed by atoms with van der Waals surface area (Å²) in [6, 6.07) is 16.3. The van der Waals surface area contributed by atoms with Gasteiger partial charge in [-0.1, -0.05) is 48.5 Å². The molecule has 0 spiro atoms. The number of phenolic OH excluding ortho intramolecular Hbond substituents is 1. The van der Waals surface area contributed by atoms with Gasteiger partial charge in [0, 0.05) is 5.56 Å². The highest BCUT2D eigenvalue weighted by Crippen LogP contribution is 2.25. The van der Waals surface area contributed by atoms with Crippen molar-refractivity contribution in [2.75, 3.05) is 0 Å². The minimum absolute atomic E-state index is 0.101. The van der Waals surface area contributed by atoms with Gasteiger partial charge in [-0.3, -0.25) is 4.79 Å². The van der Waals surface area contributed by atoms with Gasteiger partial charge in [-0.25, -0.2) is 0 Å². The summed E-state index contributed by atoms with van der Waals surface area (Å²) >= 11 is 0. The molecule has 0 aliphatic carbocycles. The molecule has 3 heteroatoms. The van der Waals surface area contributed by atoms with Gasteiger partial charge in [0.15, 0.2) is 0 Å². The van der Waals surface area contributed by atoms with Gasteiger partial charge in [0.2, 0.25) is 0 Å². The Bertz CT molecular complexity index is 603. The summed E-state index contributed by atoms with van der Waals surface area (Å²) in [5, 5.41) is 9.71. The van der Waals surface area contributed by atoms with E-state index in [2.05, 4.69) is 0 Å². The first-order chi connectivity index (χ1) is 9.68. The number of rotatable bonds is 4. The molecule has 1 unspecified atom stereocenters. The summed E-state index contributed by atoms with van der Waals surface area (Å²) < 4.78 is 5.09. The van der Waals surface area contributed by atoms with E-state index in [0.717, 1.165) is 5.56 Å². The molecule has 2 aromatic rings. The van der Waals surface area contributed by atoms with Crippen LogP contribution in [-0.2, 0) is 9.53 Å². The molecule has 0 bridgehead atoms. The van der Waals surface area contributed by atoms with Crippen LogP contribution in [0.2, 0.25) is 0 Å². The van der Waals surface area contributed by atoms with E-state index in [9.17, 15) is 9.90 Å². The molecule has 0 saturated heterocycles. The fourth-order valence-corrected chi connectivity index (χ4v) is 1.83. The minimum atomic E-state index is -0.517. The highest BCUT2D eigenvalue weighted by Gasteiger charge is 2.18. The lowest BCUT2D eigenvalue weighted by molar-refractivity contribution is -0.139. The quantitative estimate of drug-likeness (QED) is 0.679. The summed E-state index contributed by atoms with van der Waals surface area (Å²) in [5.41, 5.74) is 1.51. The molecule has 1 N–H and O–H groups in total. The Morgan fingerprint density at radius 2 is 1.75 bits per heavy atom. The first-order valence-corrected chi connectivity index (χ1v) is 6.38. The van der Waals surface area contributed by atoms with Crippen molar-refractivity contribution in [2.24, 2.45) is 0 Å². The number of phenols is 1. The molecule has 3 nitrogen and oxygen atoms in total. The van der Waals surface area contributed by atoms with Crippen molar-refractivity contribution in [3.8, 4) is 5.75 Å². The predicted octanol–water partition coefficient (Wildman–Crippen LogP) is 3.71. The van der Waals surface area contributed by atoms with Crippen LogP contribution >= 0.6 is 0 Å². The molecule has 0 aliphatic rings. The number of esters is 1. The summed E-state index contributed by atoms with van der Waals surface area (Å²) in [4.78, 5) is 11.9. The van der Waals surface area contributed by atoms with E-state index in [4.69, 9.17) is 4.74 Å². The number of carbonyl (C=O) groups is 1. The van der Waals surface area contributed by atoms with Crippen molar-refractivity contribution in [2.45, 2.75) is 12.8 Å². The number of para-hydroxylation sites is 1. The van der Waals surface area contributed by atoms with Crippen molar-refractivity contribution < 1.29 is 14.6 Å². The van der Waals surface area contributed by atoms with Gasteiger partial charge >= 0.3 is 5.97 Å². The molecule has 0 fully saturated rings. The third kappa shape index (κ3) is 3.48. The van der Waals surface area contributed by atoms with Crippen LogP contribution in [-0.4, -0.2) is 11.1 Å². The SMILES string of the molecule is CC(C(=O)OC=Cc1ccccc1)c1ccccc1O. The second-order valence-corrected chi connectivity index (χ2v) is 4.43. The monoisotopic (exact) mass is 268 g/mol. The molecule has 20 heavy (non-hydrogen) atoms. The van der Waals surface area contributed by atoms with Crippen LogP contribution in [0.4, 0.5) is 0 Å². The maximum absolute atomic E-state index is 11.9. The van der Waals surface area contributed by atoms with E-state index in [0.29, 0.717) is 5.56 Å². The van der Waals surface area contributed by atoms with Crippen LogP contribution in [0.25, 0.3) is 6.08 Å². The Hall–Kier alpha value is -2.55. The molecule has 1 atom stereocenters. The fraction of sp³-hybridized carbons (Fsp3) is 0.118. The Labute approximate surface area is 118 Å². The van der Waals surface area contributed by atoms with Gasteiger partial charge in [0.1, 0.15) is 5.75 Å². The second-order valence-electron chi connectivity index (χ2n) is 4.43. The first-order valence-electron chi connectivity index (χ1n) is 6.38. The molecular formula is C17H16O3. The summed E-state index contributed by atoms with van der Waals surface area (Å²) in [7, 11) is 0. The smallest absolute Gasteiger partial charge is 0.318 e. The lowest BCUT2D eigenvalue weighted by Crippen LogP contribution is -2.10. The van der Waals surface area contributed by atoms with E-state index in [1.54, 1.807) is 37.3 Å². The van der Waals surface area contributed by atoms with Crippen molar-refractivity contribution in [3.63, 3.8) is 0 Å². The van der Waals surface area contributed by atoms with Crippen LogP contribution in [0.3, 0.4) is 0 Å². The average Bonchev–Trinajstić information content (AvgIpc) is 2.48. The molecule has 0 heterocycles. The van der Waals surface area contributed by atoms with Gasteiger partial charge in [-0.2, -0.15) is 0 Å². The number of hydrogen-bond acceptors (Lipinski definition) is 3. The lowest BCUT2D eigenvalue weighted by atomic mass is 10.0. The van der Waals surface area contributed by atoms with Gasteiger partial charge < -0.3 is 9.84 Å². The van der Waals surface area contributed by atoms with Crippen molar-refractivity contribution >= 4 is 12.0 Å². The normalized spacial score (nSPS) is 12.2. The highest BCUT2D eigenvalue weighted by atomic mass is 16.5. The maximum Gasteiger partial charge on any atom is 0.318 e. The number of benzene rings is 2. The molecule has 0 amide bonds. The first kappa shape index (κ1) is 13.9. The van der Waals surface area contributed by atoms with Gasteiger partial charge in [0.25, 0.3) is 0 Å². The van der Waals surface area contributed by atoms with Crippen molar-refractivity contribution in [1.29, 1.82) is 0 Å². The minimum Gasteiger partial charge on any atom is -0.508 e. The molecule has 0 aliphatic heterocycles. The number of hydrogen-bond donors (Lipinski definition) is 1. The predicted molar refractivity (Wildman–Crippen MR) is 78.1 cm³/mol. The van der Waals surface area contributed by atoms with E-state index in [1.165, 1.54) is 6.26 Å². The summed E-state index contributed by atoms with van der Waals surface area (Å²) in [6.45, 7) is 1.70. The zero-order valence-corrected chi connectivity index (χ0v) is 11.2. The van der Waals surface area contributed by atoms with Crippen LogP contribution in [0.1, 0.15) is 24.0 Å². The third-order valence-corrected chi connectivity index (χ3v) is 3.00. The lowest BCUT2D eigenvalue weighted by Gasteiger charge is -2.10. The number of ether oxygens (including phenoxy) is 1. The van der Waals surface area contributed by atoms with Crippen LogP contribution in [0.15, 0.2) is 60.9 Å². The summed E-state index contributed by atoms with van der Waals surface area (Å²) in [6.07, 6.45) is 3.09. The Morgan fingerprint density at radius 3 is 2.45 bits per heavy atom. The van der Waals surface area contributed by atoms with E-state index >= 15 is 0 Å².